The Hall–Kier alpha value is -2.14. The van der Waals surface area contributed by atoms with Crippen LogP contribution in [0.1, 0.15) is 24.8 Å². The summed E-state index contributed by atoms with van der Waals surface area (Å²) >= 11 is 0. The number of hydrogen-bond donors (Lipinski definition) is 2. The van der Waals surface area contributed by atoms with E-state index in [9.17, 15) is 0 Å². The molecule has 0 unspecified atom stereocenters. The van der Waals surface area contributed by atoms with Gasteiger partial charge in [-0.25, -0.2) is 9.97 Å². The summed E-state index contributed by atoms with van der Waals surface area (Å²) < 4.78 is 0. The Balaban J connectivity index is 1.44. The molecule has 0 radical (unpaired) electrons. The van der Waals surface area contributed by atoms with Crippen LogP contribution in [-0.4, -0.2) is 40.5 Å². The first-order valence-corrected chi connectivity index (χ1v) is 8.40. The first kappa shape index (κ1) is 15.7. The molecule has 5 heteroatoms. The predicted molar refractivity (Wildman–Crippen MR) is 94.3 cm³/mol. The van der Waals surface area contributed by atoms with Gasteiger partial charge in [0.05, 0.1) is 0 Å². The summed E-state index contributed by atoms with van der Waals surface area (Å²) in [5.74, 6) is 1.34. The number of nitrogens with one attached hydrogen (secondary N) is 1. The second-order valence-corrected chi connectivity index (χ2v) is 6.20. The van der Waals surface area contributed by atoms with Crippen LogP contribution in [0.15, 0.2) is 42.7 Å². The molecule has 5 nitrogen and oxygen atoms in total. The van der Waals surface area contributed by atoms with Gasteiger partial charge < -0.3 is 16.0 Å². The highest BCUT2D eigenvalue weighted by Gasteiger charge is 2.19. The topological polar surface area (TPSA) is 67.1 Å². The van der Waals surface area contributed by atoms with Crippen LogP contribution in [0.5, 0.6) is 0 Å². The monoisotopic (exact) mass is 311 g/mol. The van der Waals surface area contributed by atoms with Crippen molar-refractivity contribution in [2.24, 2.45) is 0 Å². The molecule has 0 saturated carbocycles. The van der Waals surface area contributed by atoms with Crippen molar-refractivity contribution in [3.05, 3.63) is 48.3 Å². The molecule has 0 amide bonds. The Labute approximate surface area is 137 Å². The van der Waals surface area contributed by atoms with Crippen molar-refractivity contribution in [3.63, 3.8) is 0 Å². The highest BCUT2D eigenvalue weighted by Crippen LogP contribution is 2.16. The Morgan fingerprint density at radius 2 is 2.09 bits per heavy atom. The fourth-order valence-electron chi connectivity index (χ4n) is 3.19. The summed E-state index contributed by atoms with van der Waals surface area (Å²) in [7, 11) is 0. The third-order valence-corrected chi connectivity index (χ3v) is 4.33. The normalized spacial score (nSPS) is 18.7. The summed E-state index contributed by atoms with van der Waals surface area (Å²) in [5.41, 5.74) is 7.14. The van der Waals surface area contributed by atoms with Crippen LogP contribution in [0, 0.1) is 0 Å². The molecule has 23 heavy (non-hydrogen) atoms. The molecule has 1 aromatic carbocycles. The smallest absolute Gasteiger partial charge is 0.131 e. The fourth-order valence-corrected chi connectivity index (χ4v) is 3.19. The van der Waals surface area contributed by atoms with Crippen molar-refractivity contribution >= 4 is 11.6 Å². The predicted octanol–water partition coefficient (Wildman–Crippen LogP) is 2.57. The van der Waals surface area contributed by atoms with Gasteiger partial charge in [0.2, 0.25) is 0 Å². The number of anilines is 2. The van der Waals surface area contributed by atoms with Crippen molar-refractivity contribution in [2.45, 2.75) is 31.7 Å². The van der Waals surface area contributed by atoms with E-state index < -0.39 is 0 Å². The summed E-state index contributed by atoms with van der Waals surface area (Å²) in [5, 5.41) is 3.49. The largest absolute Gasteiger partial charge is 0.384 e. The minimum absolute atomic E-state index is 0.440. The summed E-state index contributed by atoms with van der Waals surface area (Å²) in [6, 6.07) is 13.0. The Bertz CT molecular complexity index is 601. The highest BCUT2D eigenvalue weighted by molar-refractivity contribution is 5.44. The minimum Gasteiger partial charge on any atom is -0.384 e. The lowest BCUT2D eigenvalue weighted by Crippen LogP contribution is -2.42. The molecule has 3 rings (SSSR count). The molecule has 2 aromatic rings. The number of nitrogens with zero attached hydrogens (tertiary/aromatic N) is 3. The number of hydrogen-bond acceptors (Lipinski definition) is 5. The van der Waals surface area contributed by atoms with Crippen LogP contribution in [0.4, 0.5) is 11.6 Å². The third-order valence-electron chi connectivity index (χ3n) is 4.33. The molecule has 2 heterocycles. The van der Waals surface area contributed by atoms with E-state index in [2.05, 4.69) is 50.5 Å². The molecule has 1 aromatic heterocycles. The lowest BCUT2D eigenvalue weighted by molar-refractivity contribution is 0.214. The van der Waals surface area contributed by atoms with E-state index in [0.717, 1.165) is 25.3 Å². The molecule has 1 atom stereocenters. The van der Waals surface area contributed by atoms with Crippen molar-refractivity contribution in [1.29, 1.82) is 0 Å². The SMILES string of the molecule is Nc1cc(N[C@H]2CCCN(CCCc3ccccc3)C2)ncn1. The molecule has 1 fully saturated rings. The van der Waals surface area contributed by atoms with Crippen LogP contribution < -0.4 is 11.1 Å². The van der Waals surface area contributed by atoms with Crippen molar-refractivity contribution in [3.8, 4) is 0 Å². The third kappa shape index (κ3) is 4.93. The summed E-state index contributed by atoms with van der Waals surface area (Å²) in [4.78, 5) is 10.7. The molecule has 122 valence electrons. The number of piperidine rings is 1. The van der Waals surface area contributed by atoms with Gasteiger partial charge in [-0.2, -0.15) is 0 Å². The van der Waals surface area contributed by atoms with Gasteiger partial charge in [-0.3, -0.25) is 0 Å². The van der Waals surface area contributed by atoms with Gasteiger partial charge in [0, 0.05) is 18.7 Å². The Morgan fingerprint density at radius 1 is 1.22 bits per heavy atom. The van der Waals surface area contributed by atoms with E-state index in [1.165, 1.54) is 37.7 Å². The van der Waals surface area contributed by atoms with Gasteiger partial charge in [-0.1, -0.05) is 30.3 Å². The Morgan fingerprint density at radius 3 is 2.91 bits per heavy atom. The maximum Gasteiger partial charge on any atom is 0.131 e. The van der Waals surface area contributed by atoms with Crippen molar-refractivity contribution in [2.75, 3.05) is 30.7 Å². The zero-order valence-corrected chi connectivity index (χ0v) is 13.5. The summed E-state index contributed by atoms with van der Waals surface area (Å²) in [6.45, 7) is 3.41. The van der Waals surface area contributed by atoms with Crippen LogP contribution in [0.3, 0.4) is 0 Å². The van der Waals surface area contributed by atoms with E-state index in [1.807, 2.05) is 0 Å². The van der Waals surface area contributed by atoms with Gasteiger partial charge in [0.15, 0.2) is 0 Å². The maximum absolute atomic E-state index is 5.71. The number of benzene rings is 1. The number of nitrogen functional groups attached to an aromatic ring is 1. The average Bonchev–Trinajstić information content (AvgIpc) is 2.56. The van der Waals surface area contributed by atoms with Crippen LogP contribution in [0.25, 0.3) is 0 Å². The Kier molecular flexibility index (Phi) is 5.42. The van der Waals surface area contributed by atoms with Crippen molar-refractivity contribution < 1.29 is 0 Å². The minimum atomic E-state index is 0.440. The number of nitrogens with two attached hydrogens (primary N) is 1. The van der Waals surface area contributed by atoms with Gasteiger partial charge in [-0.15, -0.1) is 0 Å². The molecular formula is C18H25N5. The first-order chi connectivity index (χ1) is 11.3. The van der Waals surface area contributed by atoms with E-state index in [1.54, 1.807) is 6.07 Å². The number of rotatable bonds is 6. The number of aryl methyl sites for hydroxylation is 1. The lowest BCUT2D eigenvalue weighted by atomic mass is 10.0. The molecule has 1 aliphatic rings. The van der Waals surface area contributed by atoms with Gasteiger partial charge in [0.1, 0.15) is 18.0 Å². The van der Waals surface area contributed by atoms with Crippen LogP contribution in [-0.2, 0) is 6.42 Å². The van der Waals surface area contributed by atoms with Gasteiger partial charge >= 0.3 is 0 Å². The van der Waals surface area contributed by atoms with Gasteiger partial charge in [-0.05, 0) is 44.3 Å². The zero-order valence-electron chi connectivity index (χ0n) is 13.5. The quantitative estimate of drug-likeness (QED) is 0.858. The van der Waals surface area contributed by atoms with E-state index in [4.69, 9.17) is 5.73 Å². The maximum atomic E-state index is 5.71. The number of likely N-dealkylation sites (tertiary alicyclic amines) is 1. The van der Waals surface area contributed by atoms with Crippen LogP contribution in [0.2, 0.25) is 0 Å². The van der Waals surface area contributed by atoms with E-state index in [0.29, 0.717) is 11.9 Å². The first-order valence-electron chi connectivity index (χ1n) is 8.40. The summed E-state index contributed by atoms with van der Waals surface area (Å²) in [6.07, 6.45) is 6.27. The zero-order chi connectivity index (χ0) is 15.9. The molecule has 0 aliphatic carbocycles. The second kappa shape index (κ2) is 7.92. The van der Waals surface area contributed by atoms with Crippen molar-refractivity contribution in [1.82, 2.24) is 14.9 Å². The molecule has 0 bridgehead atoms. The molecule has 3 N–H and O–H groups in total. The molecule has 1 aliphatic heterocycles. The lowest BCUT2D eigenvalue weighted by Gasteiger charge is -2.33. The van der Waals surface area contributed by atoms with Gasteiger partial charge in [0.25, 0.3) is 0 Å². The standard InChI is InChI=1S/C18H25N5/c19-17-12-18(21-14-20-17)22-16-9-5-11-23(13-16)10-4-8-15-6-2-1-3-7-15/h1-3,6-7,12,14,16H,4-5,8-11,13H2,(H3,19,20,21,22)/t16-/m0/s1. The molecule has 1 saturated heterocycles. The fraction of sp³-hybridized carbons (Fsp3) is 0.444. The average molecular weight is 311 g/mol. The molecular weight excluding hydrogens is 286 g/mol. The molecule has 0 spiro atoms. The highest BCUT2D eigenvalue weighted by atomic mass is 15.2. The van der Waals surface area contributed by atoms with Crippen LogP contribution >= 0.6 is 0 Å². The second-order valence-electron chi connectivity index (χ2n) is 6.20. The van der Waals surface area contributed by atoms with E-state index >= 15 is 0 Å². The number of aromatic nitrogens is 2. The van der Waals surface area contributed by atoms with E-state index in [-0.39, 0.29) is 0 Å².